The fourth-order valence-corrected chi connectivity index (χ4v) is 3.19. The van der Waals surface area contributed by atoms with Crippen LogP contribution in [0.4, 0.5) is 0 Å². The van der Waals surface area contributed by atoms with Crippen LogP contribution in [0.3, 0.4) is 0 Å². The third-order valence-electron chi connectivity index (χ3n) is 4.54. The molecule has 112 valence electrons. The van der Waals surface area contributed by atoms with Crippen LogP contribution < -0.4 is 5.32 Å². The third kappa shape index (κ3) is 4.76. The Labute approximate surface area is 128 Å². The number of nitrogens with zero attached hydrogens (tertiary/aromatic N) is 1. The first kappa shape index (κ1) is 15.8. The molecule has 0 bridgehead atoms. The molecule has 1 aromatic rings. The third-order valence-corrected chi connectivity index (χ3v) is 4.78. The predicted octanol–water partition coefficient (Wildman–Crippen LogP) is 4.11. The summed E-state index contributed by atoms with van der Waals surface area (Å²) in [7, 11) is 2.18. The van der Waals surface area contributed by atoms with E-state index in [0.29, 0.717) is 6.04 Å². The monoisotopic (exact) mass is 294 g/mol. The van der Waals surface area contributed by atoms with Gasteiger partial charge in [0, 0.05) is 24.2 Å². The number of rotatable bonds is 7. The van der Waals surface area contributed by atoms with Crippen LogP contribution in [0.25, 0.3) is 0 Å². The molecule has 0 heterocycles. The molecule has 0 radical (unpaired) electrons. The molecular weight excluding hydrogens is 268 g/mol. The summed E-state index contributed by atoms with van der Waals surface area (Å²) in [5.74, 6) is 0.922. The molecule has 20 heavy (non-hydrogen) atoms. The zero-order chi connectivity index (χ0) is 14.4. The second kappa shape index (κ2) is 8.02. The summed E-state index contributed by atoms with van der Waals surface area (Å²) in [5.41, 5.74) is 1.29. The smallest absolute Gasteiger partial charge is 0.0409 e. The van der Waals surface area contributed by atoms with Gasteiger partial charge < -0.3 is 5.32 Å². The lowest BCUT2D eigenvalue weighted by Gasteiger charge is -2.25. The largest absolute Gasteiger partial charge is 0.315 e. The van der Waals surface area contributed by atoms with E-state index in [0.717, 1.165) is 24.0 Å². The van der Waals surface area contributed by atoms with Gasteiger partial charge in [-0.1, -0.05) is 36.6 Å². The normalized spacial score (nSPS) is 17.8. The van der Waals surface area contributed by atoms with Crippen molar-refractivity contribution in [2.75, 3.05) is 26.7 Å². The number of nitrogens with one attached hydrogen (secondary N) is 1. The van der Waals surface area contributed by atoms with Gasteiger partial charge in [-0.25, -0.2) is 0 Å². The van der Waals surface area contributed by atoms with Crippen molar-refractivity contribution in [1.82, 2.24) is 10.2 Å². The Morgan fingerprint density at radius 3 is 2.80 bits per heavy atom. The molecule has 1 atom stereocenters. The number of likely N-dealkylation sites (N-methyl/N-ethyl adjacent to an activating group) is 1. The maximum Gasteiger partial charge on any atom is 0.0409 e. The topological polar surface area (TPSA) is 15.3 Å². The zero-order valence-electron chi connectivity index (χ0n) is 12.7. The number of hydrogen-bond acceptors (Lipinski definition) is 2. The van der Waals surface area contributed by atoms with Crippen LogP contribution in [0.15, 0.2) is 24.3 Å². The van der Waals surface area contributed by atoms with Crippen molar-refractivity contribution in [1.29, 1.82) is 0 Å². The molecule has 1 aromatic carbocycles. The Bertz CT molecular complexity index is 402. The maximum absolute atomic E-state index is 6.06. The Morgan fingerprint density at radius 2 is 2.10 bits per heavy atom. The van der Waals surface area contributed by atoms with Crippen molar-refractivity contribution in [3.05, 3.63) is 34.9 Å². The van der Waals surface area contributed by atoms with Gasteiger partial charge in [0.2, 0.25) is 0 Å². The first-order chi connectivity index (χ1) is 9.66. The molecule has 1 aliphatic rings. The minimum atomic E-state index is 0.405. The molecule has 1 fully saturated rings. The minimum Gasteiger partial charge on any atom is -0.315 e. The molecule has 0 spiro atoms. The Hall–Kier alpha value is -0.570. The van der Waals surface area contributed by atoms with E-state index in [1.54, 1.807) is 0 Å². The summed E-state index contributed by atoms with van der Waals surface area (Å²) >= 11 is 6.06. The van der Waals surface area contributed by atoms with Crippen molar-refractivity contribution in [2.45, 2.75) is 38.6 Å². The highest BCUT2D eigenvalue weighted by Crippen LogP contribution is 2.24. The molecule has 0 amide bonds. The average Bonchev–Trinajstić information content (AvgIpc) is 2.95. The van der Waals surface area contributed by atoms with Gasteiger partial charge in [0.05, 0.1) is 0 Å². The molecule has 2 rings (SSSR count). The van der Waals surface area contributed by atoms with Crippen LogP contribution in [0.1, 0.15) is 44.2 Å². The van der Waals surface area contributed by atoms with Gasteiger partial charge in [-0.2, -0.15) is 0 Å². The van der Waals surface area contributed by atoms with Crippen molar-refractivity contribution < 1.29 is 0 Å². The first-order valence-corrected chi connectivity index (χ1v) is 8.21. The summed E-state index contributed by atoms with van der Waals surface area (Å²) in [5, 5.41) is 4.43. The molecule has 1 unspecified atom stereocenters. The second-order valence-corrected chi connectivity index (χ2v) is 6.50. The van der Waals surface area contributed by atoms with Gasteiger partial charge in [-0.05, 0) is 57.0 Å². The van der Waals surface area contributed by atoms with Crippen LogP contribution in [0, 0.1) is 5.92 Å². The van der Waals surface area contributed by atoms with Crippen molar-refractivity contribution in [2.24, 2.45) is 5.92 Å². The van der Waals surface area contributed by atoms with Crippen molar-refractivity contribution >= 4 is 11.6 Å². The molecule has 0 aliphatic heterocycles. The minimum absolute atomic E-state index is 0.405. The number of halogens is 1. The number of benzene rings is 1. The average molecular weight is 295 g/mol. The van der Waals surface area contributed by atoms with E-state index in [1.165, 1.54) is 37.8 Å². The second-order valence-electron chi connectivity index (χ2n) is 6.07. The van der Waals surface area contributed by atoms with Crippen molar-refractivity contribution in [3.8, 4) is 0 Å². The standard InChI is InChI=1S/C17H27ClN2/c1-14(16-8-5-9-17(18)12-16)20(2)11-10-19-13-15-6-3-4-7-15/h5,8-9,12,14-15,19H,3-4,6-7,10-11,13H2,1-2H3. The van der Waals surface area contributed by atoms with E-state index in [-0.39, 0.29) is 0 Å². The van der Waals surface area contributed by atoms with Crippen LogP contribution >= 0.6 is 11.6 Å². The zero-order valence-corrected chi connectivity index (χ0v) is 13.5. The Balaban J connectivity index is 1.69. The van der Waals surface area contributed by atoms with E-state index in [4.69, 9.17) is 11.6 Å². The van der Waals surface area contributed by atoms with E-state index >= 15 is 0 Å². The highest BCUT2D eigenvalue weighted by Gasteiger charge is 2.15. The van der Waals surface area contributed by atoms with Gasteiger partial charge in [0.1, 0.15) is 0 Å². The molecule has 0 aromatic heterocycles. The molecular formula is C17H27ClN2. The summed E-state index contributed by atoms with van der Waals surface area (Å²) in [4.78, 5) is 2.38. The van der Waals surface area contributed by atoms with E-state index < -0.39 is 0 Å². The lowest BCUT2D eigenvalue weighted by Crippen LogP contribution is -2.33. The van der Waals surface area contributed by atoms with Crippen LogP contribution in [0.5, 0.6) is 0 Å². The fourth-order valence-electron chi connectivity index (χ4n) is 2.99. The van der Waals surface area contributed by atoms with E-state index in [2.05, 4.69) is 36.3 Å². The molecule has 1 saturated carbocycles. The van der Waals surface area contributed by atoms with E-state index in [1.807, 2.05) is 12.1 Å². The Morgan fingerprint density at radius 1 is 1.35 bits per heavy atom. The summed E-state index contributed by atoms with van der Waals surface area (Å²) < 4.78 is 0. The fraction of sp³-hybridized carbons (Fsp3) is 0.647. The van der Waals surface area contributed by atoms with Crippen molar-refractivity contribution in [3.63, 3.8) is 0 Å². The predicted molar refractivity (Wildman–Crippen MR) is 87.3 cm³/mol. The molecule has 2 nitrogen and oxygen atoms in total. The molecule has 1 aliphatic carbocycles. The molecule has 3 heteroatoms. The van der Waals surface area contributed by atoms with Gasteiger partial charge in [0.15, 0.2) is 0 Å². The van der Waals surface area contributed by atoms with Crippen LogP contribution in [-0.4, -0.2) is 31.6 Å². The van der Waals surface area contributed by atoms with Crippen LogP contribution in [0.2, 0.25) is 5.02 Å². The summed E-state index contributed by atoms with van der Waals surface area (Å²) in [6, 6.07) is 8.58. The van der Waals surface area contributed by atoms with E-state index in [9.17, 15) is 0 Å². The van der Waals surface area contributed by atoms with Gasteiger partial charge in [-0.3, -0.25) is 4.90 Å². The van der Waals surface area contributed by atoms with Gasteiger partial charge in [0.25, 0.3) is 0 Å². The summed E-state index contributed by atoms with van der Waals surface area (Å²) in [6.07, 6.45) is 5.69. The van der Waals surface area contributed by atoms with Gasteiger partial charge >= 0.3 is 0 Å². The highest BCUT2D eigenvalue weighted by molar-refractivity contribution is 6.30. The first-order valence-electron chi connectivity index (χ1n) is 7.83. The summed E-state index contributed by atoms with van der Waals surface area (Å²) in [6.45, 7) is 5.57. The molecule has 0 saturated heterocycles. The highest BCUT2D eigenvalue weighted by atomic mass is 35.5. The number of hydrogen-bond donors (Lipinski definition) is 1. The maximum atomic E-state index is 6.06. The quantitative estimate of drug-likeness (QED) is 0.761. The Kier molecular flexibility index (Phi) is 6.34. The van der Waals surface area contributed by atoms with Gasteiger partial charge in [-0.15, -0.1) is 0 Å². The lowest BCUT2D eigenvalue weighted by atomic mass is 10.1. The van der Waals surface area contributed by atoms with Crippen LogP contribution in [-0.2, 0) is 0 Å². The lowest BCUT2D eigenvalue weighted by molar-refractivity contribution is 0.259. The SMILES string of the molecule is CC(c1cccc(Cl)c1)N(C)CCNCC1CCCC1. The molecule has 1 N–H and O–H groups in total.